The van der Waals surface area contributed by atoms with Gasteiger partial charge in [0.2, 0.25) is 0 Å². The monoisotopic (exact) mass is 243 g/mol. The lowest BCUT2D eigenvalue weighted by molar-refractivity contribution is 0.0504. The predicted molar refractivity (Wildman–Crippen MR) is 68.0 cm³/mol. The molecule has 0 aliphatic carbocycles. The van der Waals surface area contributed by atoms with Gasteiger partial charge in [0.1, 0.15) is 5.76 Å². The highest BCUT2D eigenvalue weighted by molar-refractivity contribution is 5.05. The molecule has 1 N–H and O–H groups in total. The maximum absolute atomic E-state index is 5.68. The van der Waals surface area contributed by atoms with Gasteiger partial charge in [0, 0.05) is 7.11 Å². The third-order valence-corrected chi connectivity index (χ3v) is 2.66. The minimum atomic E-state index is 0.187. The summed E-state index contributed by atoms with van der Waals surface area (Å²) in [6.07, 6.45) is 5.52. The Hall–Kier alpha value is -0.580. The Bertz CT molecular complexity index is 219. The Balaban J connectivity index is 2.33. The molecule has 1 rings (SSSR count). The standard InChI is InChI=1S/C13H25NO3/c1-3-7-14-12(11-16-10-9-15-2)13-6-4-5-8-17-13/h6,12,14H,3-5,7-11H2,1-2H3. The van der Waals surface area contributed by atoms with Crippen molar-refractivity contribution >= 4 is 0 Å². The smallest absolute Gasteiger partial charge is 0.111 e. The van der Waals surface area contributed by atoms with Crippen LogP contribution in [0.1, 0.15) is 26.2 Å². The molecule has 0 amide bonds. The quantitative estimate of drug-likeness (QED) is 0.626. The van der Waals surface area contributed by atoms with E-state index < -0.39 is 0 Å². The zero-order valence-corrected chi connectivity index (χ0v) is 11.0. The first-order chi connectivity index (χ1) is 8.38. The zero-order chi connectivity index (χ0) is 12.3. The van der Waals surface area contributed by atoms with Crippen LogP contribution in [0, 0.1) is 0 Å². The summed E-state index contributed by atoms with van der Waals surface area (Å²) in [6.45, 7) is 5.89. The summed E-state index contributed by atoms with van der Waals surface area (Å²) >= 11 is 0. The van der Waals surface area contributed by atoms with E-state index in [4.69, 9.17) is 14.2 Å². The van der Waals surface area contributed by atoms with E-state index in [9.17, 15) is 0 Å². The number of nitrogens with one attached hydrogen (secondary N) is 1. The molecule has 4 heteroatoms. The molecule has 4 nitrogen and oxygen atoms in total. The Kier molecular flexibility index (Phi) is 8.05. The Morgan fingerprint density at radius 1 is 1.47 bits per heavy atom. The van der Waals surface area contributed by atoms with Gasteiger partial charge >= 0.3 is 0 Å². The van der Waals surface area contributed by atoms with E-state index >= 15 is 0 Å². The lowest BCUT2D eigenvalue weighted by Crippen LogP contribution is -2.37. The van der Waals surface area contributed by atoms with E-state index in [2.05, 4.69) is 18.3 Å². The molecule has 0 spiro atoms. The molecule has 0 saturated carbocycles. The highest BCUT2D eigenvalue weighted by atomic mass is 16.5. The van der Waals surface area contributed by atoms with Crippen LogP contribution in [-0.4, -0.2) is 46.1 Å². The van der Waals surface area contributed by atoms with E-state index in [-0.39, 0.29) is 6.04 Å². The molecule has 0 saturated heterocycles. The third kappa shape index (κ3) is 6.05. The second-order valence-corrected chi connectivity index (χ2v) is 4.17. The molecule has 0 fully saturated rings. The van der Waals surface area contributed by atoms with Gasteiger partial charge in [0.05, 0.1) is 32.5 Å². The van der Waals surface area contributed by atoms with Gasteiger partial charge in [-0.2, -0.15) is 0 Å². The minimum absolute atomic E-state index is 0.187. The second-order valence-electron chi connectivity index (χ2n) is 4.17. The first-order valence-corrected chi connectivity index (χ1v) is 6.51. The second kappa shape index (κ2) is 9.45. The Morgan fingerprint density at radius 3 is 3.00 bits per heavy atom. The molecule has 1 heterocycles. The largest absolute Gasteiger partial charge is 0.497 e. The molecular weight excluding hydrogens is 218 g/mol. The summed E-state index contributed by atoms with van der Waals surface area (Å²) in [4.78, 5) is 0. The van der Waals surface area contributed by atoms with Crippen LogP contribution in [0.4, 0.5) is 0 Å². The summed E-state index contributed by atoms with van der Waals surface area (Å²) in [5.74, 6) is 1.04. The normalized spacial score (nSPS) is 17.4. The van der Waals surface area contributed by atoms with Crippen LogP contribution in [0.2, 0.25) is 0 Å². The van der Waals surface area contributed by atoms with Crippen LogP contribution >= 0.6 is 0 Å². The molecule has 0 radical (unpaired) electrons. The topological polar surface area (TPSA) is 39.7 Å². The first-order valence-electron chi connectivity index (χ1n) is 6.51. The molecule has 0 bridgehead atoms. The maximum atomic E-state index is 5.68. The summed E-state index contributed by atoms with van der Waals surface area (Å²) in [7, 11) is 1.68. The number of methoxy groups -OCH3 is 1. The highest BCUT2D eigenvalue weighted by Gasteiger charge is 2.17. The van der Waals surface area contributed by atoms with Gasteiger partial charge in [-0.1, -0.05) is 6.92 Å². The molecule has 0 aromatic heterocycles. The van der Waals surface area contributed by atoms with Gasteiger partial charge in [0.15, 0.2) is 0 Å². The number of rotatable bonds is 9. The molecule has 1 unspecified atom stereocenters. The van der Waals surface area contributed by atoms with Gasteiger partial charge in [-0.25, -0.2) is 0 Å². The minimum Gasteiger partial charge on any atom is -0.497 e. The fourth-order valence-electron chi connectivity index (χ4n) is 1.72. The number of allylic oxidation sites excluding steroid dienone is 1. The van der Waals surface area contributed by atoms with Crippen molar-refractivity contribution in [1.29, 1.82) is 0 Å². The van der Waals surface area contributed by atoms with E-state index in [0.717, 1.165) is 38.2 Å². The SMILES string of the molecule is CCCNC(COCCOC)C1=CCCCO1. The maximum Gasteiger partial charge on any atom is 0.111 e. The Morgan fingerprint density at radius 2 is 2.35 bits per heavy atom. The van der Waals surface area contributed by atoms with Crippen LogP contribution in [0.3, 0.4) is 0 Å². The molecule has 1 aliphatic rings. The van der Waals surface area contributed by atoms with Crippen molar-refractivity contribution in [2.24, 2.45) is 0 Å². The molecule has 17 heavy (non-hydrogen) atoms. The lowest BCUT2D eigenvalue weighted by atomic mass is 10.1. The first kappa shape index (κ1) is 14.5. The number of hydrogen-bond donors (Lipinski definition) is 1. The molecule has 0 aromatic rings. The van der Waals surface area contributed by atoms with Crippen molar-refractivity contribution in [1.82, 2.24) is 5.32 Å². The van der Waals surface area contributed by atoms with Gasteiger partial charge in [-0.05, 0) is 31.9 Å². The van der Waals surface area contributed by atoms with Crippen molar-refractivity contribution in [2.45, 2.75) is 32.2 Å². The number of ether oxygens (including phenoxy) is 3. The third-order valence-electron chi connectivity index (χ3n) is 2.66. The molecule has 1 atom stereocenters. The van der Waals surface area contributed by atoms with Crippen molar-refractivity contribution in [3.63, 3.8) is 0 Å². The molecule has 0 aromatic carbocycles. The van der Waals surface area contributed by atoms with E-state index in [1.54, 1.807) is 7.11 Å². The predicted octanol–water partition coefficient (Wildman–Crippen LogP) is 1.71. The van der Waals surface area contributed by atoms with Gasteiger partial charge in [-0.3, -0.25) is 0 Å². The summed E-state index contributed by atoms with van der Waals surface area (Å²) in [6, 6.07) is 0.187. The summed E-state index contributed by atoms with van der Waals surface area (Å²) in [5.41, 5.74) is 0. The van der Waals surface area contributed by atoms with E-state index in [1.165, 1.54) is 0 Å². The average molecular weight is 243 g/mol. The van der Waals surface area contributed by atoms with Crippen LogP contribution in [-0.2, 0) is 14.2 Å². The molecule has 1 aliphatic heterocycles. The van der Waals surface area contributed by atoms with Crippen LogP contribution in [0.25, 0.3) is 0 Å². The molecule has 100 valence electrons. The van der Waals surface area contributed by atoms with E-state index in [0.29, 0.717) is 19.8 Å². The highest BCUT2D eigenvalue weighted by Crippen LogP contribution is 2.14. The fraction of sp³-hybridized carbons (Fsp3) is 0.846. The van der Waals surface area contributed by atoms with Crippen molar-refractivity contribution < 1.29 is 14.2 Å². The number of hydrogen-bond acceptors (Lipinski definition) is 4. The van der Waals surface area contributed by atoms with Gasteiger partial charge in [0.25, 0.3) is 0 Å². The van der Waals surface area contributed by atoms with Gasteiger partial charge < -0.3 is 19.5 Å². The average Bonchev–Trinajstić information content (AvgIpc) is 2.39. The zero-order valence-electron chi connectivity index (χ0n) is 11.0. The van der Waals surface area contributed by atoms with E-state index in [1.807, 2.05) is 0 Å². The summed E-state index contributed by atoms with van der Waals surface area (Å²) in [5, 5.41) is 3.46. The van der Waals surface area contributed by atoms with Gasteiger partial charge in [-0.15, -0.1) is 0 Å². The van der Waals surface area contributed by atoms with Crippen molar-refractivity contribution in [3.8, 4) is 0 Å². The lowest BCUT2D eigenvalue weighted by Gasteiger charge is -2.24. The van der Waals surface area contributed by atoms with Crippen LogP contribution in [0.5, 0.6) is 0 Å². The van der Waals surface area contributed by atoms with Crippen LogP contribution in [0.15, 0.2) is 11.8 Å². The van der Waals surface area contributed by atoms with Crippen LogP contribution < -0.4 is 5.32 Å². The summed E-state index contributed by atoms with van der Waals surface area (Å²) < 4.78 is 16.2. The van der Waals surface area contributed by atoms with Crippen molar-refractivity contribution in [3.05, 3.63) is 11.8 Å². The Labute approximate surface area is 104 Å². The van der Waals surface area contributed by atoms with Crippen molar-refractivity contribution in [2.75, 3.05) is 40.1 Å². The fourth-order valence-corrected chi connectivity index (χ4v) is 1.72. The molecular formula is C13H25NO3.